The Hall–Kier alpha value is -1.84. The second-order valence-electron chi connectivity index (χ2n) is 8.77. The zero-order valence-corrected chi connectivity index (χ0v) is 15.3. The third-order valence-corrected chi connectivity index (χ3v) is 8.23. The van der Waals surface area contributed by atoms with Gasteiger partial charge in [-0.2, -0.15) is 0 Å². The van der Waals surface area contributed by atoms with Gasteiger partial charge in [0, 0.05) is 35.6 Å². The molecule has 0 aromatic heterocycles. The number of carbonyl (C=O) groups is 2. The van der Waals surface area contributed by atoms with Crippen LogP contribution in [0.3, 0.4) is 0 Å². The van der Waals surface area contributed by atoms with Crippen LogP contribution >= 0.6 is 0 Å². The quantitative estimate of drug-likeness (QED) is 0.588. The minimum Gasteiger partial charge on any atom is -0.312 e. The topological polar surface area (TPSA) is 81.8 Å². The molecule has 138 valence electrons. The lowest BCUT2D eigenvalue weighted by molar-refractivity contribution is -0.122. The fraction of sp³-hybridized carbons (Fsp3) is 0.636. The largest absolute Gasteiger partial charge is 0.312 e. The summed E-state index contributed by atoms with van der Waals surface area (Å²) in [5.74, 6) is 1.38. The molecule has 4 nitrogen and oxygen atoms in total. The van der Waals surface area contributed by atoms with Crippen LogP contribution in [-0.2, 0) is 9.59 Å². The number of allylic oxidation sites excluding steroid dienone is 2. The van der Waals surface area contributed by atoms with E-state index in [1.54, 1.807) is 12.4 Å². The van der Waals surface area contributed by atoms with E-state index in [0.717, 1.165) is 44.9 Å². The van der Waals surface area contributed by atoms with E-state index in [4.69, 9.17) is 10.8 Å². The molecule has 6 atom stereocenters. The molecule has 0 aromatic rings. The van der Waals surface area contributed by atoms with Gasteiger partial charge in [0.1, 0.15) is 0 Å². The average molecular weight is 352 g/mol. The van der Waals surface area contributed by atoms with Crippen LogP contribution in [0.1, 0.15) is 51.4 Å². The maximum absolute atomic E-state index is 12.5. The van der Waals surface area contributed by atoms with Crippen LogP contribution in [0.4, 0.5) is 0 Å². The summed E-state index contributed by atoms with van der Waals surface area (Å²) in [4.78, 5) is 24.4. The van der Waals surface area contributed by atoms with Crippen molar-refractivity contribution >= 4 is 24.0 Å². The first kappa shape index (κ1) is 17.6. The van der Waals surface area contributed by atoms with Gasteiger partial charge in [0.2, 0.25) is 0 Å². The normalized spacial score (nSPS) is 44.2. The SMILES string of the molecule is C=CC(=O)[C@H]1CC[C@H]2C3CCC4=CC(=O)CCC4(C=N)[C@H]3CCC12C=N. The molecule has 0 radical (unpaired) electrons. The Morgan fingerprint density at radius 2 is 1.88 bits per heavy atom. The smallest absolute Gasteiger partial charge is 0.159 e. The summed E-state index contributed by atoms with van der Waals surface area (Å²) in [6.45, 7) is 3.68. The standard InChI is InChI=1S/C22H28N2O2/c1-2-20(26)19-6-5-17-16-4-3-14-11-15(25)7-9-21(14,12-23)18(16)8-10-22(17,19)13-24/h2,11-13,16-19,23-24H,1,3-10H2/t16?,17-,18-,19+,21?,22?/m0/s1. The molecular formula is C22H28N2O2. The van der Waals surface area contributed by atoms with Crippen molar-refractivity contribution in [1.82, 2.24) is 0 Å². The van der Waals surface area contributed by atoms with Crippen molar-refractivity contribution in [2.75, 3.05) is 0 Å². The summed E-state index contributed by atoms with van der Waals surface area (Å²) in [5, 5.41) is 16.4. The Balaban J connectivity index is 1.72. The van der Waals surface area contributed by atoms with Gasteiger partial charge in [-0.15, -0.1) is 0 Å². The van der Waals surface area contributed by atoms with E-state index in [0.29, 0.717) is 24.2 Å². The molecular weight excluding hydrogens is 324 g/mol. The minimum absolute atomic E-state index is 0.0933. The average Bonchev–Trinajstić information content (AvgIpc) is 3.07. The van der Waals surface area contributed by atoms with Gasteiger partial charge in [0.15, 0.2) is 11.6 Å². The summed E-state index contributed by atoms with van der Waals surface area (Å²) < 4.78 is 0. The first-order chi connectivity index (χ1) is 12.5. The maximum Gasteiger partial charge on any atom is 0.159 e. The number of rotatable bonds is 4. The molecule has 0 bridgehead atoms. The molecule has 26 heavy (non-hydrogen) atoms. The van der Waals surface area contributed by atoms with Gasteiger partial charge >= 0.3 is 0 Å². The monoisotopic (exact) mass is 352 g/mol. The van der Waals surface area contributed by atoms with Gasteiger partial charge in [-0.1, -0.05) is 12.2 Å². The lowest BCUT2D eigenvalue weighted by atomic mass is 9.46. The highest BCUT2D eigenvalue weighted by Crippen LogP contribution is 2.65. The summed E-state index contributed by atoms with van der Waals surface area (Å²) in [5.41, 5.74) is 0.594. The summed E-state index contributed by atoms with van der Waals surface area (Å²) in [6.07, 6.45) is 13.3. The van der Waals surface area contributed by atoms with Crippen LogP contribution in [0.2, 0.25) is 0 Å². The summed E-state index contributed by atoms with van der Waals surface area (Å²) in [7, 11) is 0. The fourth-order valence-corrected chi connectivity index (χ4v) is 7.10. The molecule has 3 saturated carbocycles. The van der Waals surface area contributed by atoms with Crippen molar-refractivity contribution in [3.63, 3.8) is 0 Å². The molecule has 3 unspecified atom stereocenters. The Bertz CT molecular complexity index is 724. The number of hydrogen-bond donors (Lipinski definition) is 2. The summed E-state index contributed by atoms with van der Waals surface area (Å²) in [6, 6.07) is 0. The number of fused-ring (bicyclic) bond motifs is 5. The highest BCUT2D eigenvalue weighted by Gasteiger charge is 2.61. The van der Waals surface area contributed by atoms with Crippen molar-refractivity contribution in [2.24, 2.45) is 34.5 Å². The van der Waals surface area contributed by atoms with Gasteiger partial charge < -0.3 is 10.8 Å². The highest BCUT2D eigenvalue weighted by atomic mass is 16.1. The van der Waals surface area contributed by atoms with Crippen LogP contribution in [0.25, 0.3) is 0 Å². The van der Waals surface area contributed by atoms with Gasteiger partial charge in [-0.05, 0) is 74.9 Å². The zero-order chi connectivity index (χ0) is 18.5. The highest BCUT2D eigenvalue weighted by molar-refractivity contribution is 5.95. The lowest BCUT2D eigenvalue weighted by Gasteiger charge is -2.57. The molecule has 0 spiro atoms. The Morgan fingerprint density at radius 1 is 1.08 bits per heavy atom. The molecule has 0 saturated heterocycles. The van der Waals surface area contributed by atoms with E-state index in [1.807, 2.05) is 6.08 Å². The van der Waals surface area contributed by atoms with Gasteiger partial charge in [0.25, 0.3) is 0 Å². The van der Waals surface area contributed by atoms with Crippen LogP contribution in [0.15, 0.2) is 24.3 Å². The predicted molar refractivity (Wildman–Crippen MR) is 102 cm³/mol. The molecule has 0 aliphatic heterocycles. The van der Waals surface area contributed by atoms with Gasteiger partial charge in [-0.3, -0.25) is 9.59 Å². The van der Waals surface area contributed by atoms with E-state index in [-0.39, 0.29) is 28.3 Å². The molecule has 4 heteroatoms. The zero-order valence-electron chi connectivity index (χ0n) is 15.3. The Kier molecular flexibility index (Phi) is 4.13. The molecule has 4 aliphatic rings. The first-order valence-corrected chi connectivity index (χ1v) is 9.96. The molecule has 0 amide bonds. The molecule has 0 aromatic carbocycles. The second kappa shape index (κ2) is 6.11. The van der Waals surface area contributed by atoms with Crippen LogP contribution in [0.5, 0.6) is 0 Å². The Morgan fingerprint density at radius 3 is 2.58 bits per heavy atom. The fourth-order valence-electron chi connectivity index (χ4n) is 7.10. The minimum atomic E-state index is -0.318. The van der Waals surface area contributed by atoms with Crippen molar-refractivity contribution in [1.29, 1.82) is 10.8 Å². The third kappa shape index (κ3) is 2.14. The van der Waals surface area contributed by atoms with Crippen molar-refractivity contribution < 1.29 is 9.59 Å². The predicted octanol–water partition coefficient (Wildman–Crippen LogP) is 4.15. The summed E-state index contributed by atoms with van der Waals surface area (Å²) >= 11 is 0. The van der Waals surface area contributed by atoms with E-state index in [1.165, 1.54) is 11.6 Å². The van der Waals surface area contributed by atoms with Gasteiger partial charge in [-0.25, -0.2) is 0 Å². The van der Waals surface area contributed by atoms with Gasteiger partial charge in [0.05, 0.1) is 0 Å². The van der Waals surface area contributed by atoms with Crippen molar-refractivity contribution in [2.45, 2.75) is 51.4 Å². The van der Waals surface area contributed by atoms with E-state index in [9.17, 15) is 9.59 Å². The number of ketones is 2. The van der Waals surface area contributed by atoms with Crippen LogP contribution < -0.4 is 0 Å². The lowest BCUT2D eigenvalue weighted by Crippen LogP contribution is -2.53. The number of hydrogen-bond acceptors (Lipinski definition) is 4. The molecule has 0 heterocycles. The van der Waals surface area contributed by atoms with E-state index < -0.39 is 0 Å². The third-order valence-electron chi connectivity index (χ3n) is 8.23. The molecule has 3 fully saturated rings. The number of carbonyl (C=O) groups excluding carboxylic acids is 2. The number of nitrogens with one attached hydrogen (secondary N) is 2. The molecule has 4 rings (SSSR count). The second-order valence-corrected chi connectivity index (χ2v) is 8.77. The first-order valence-electron chi connectivity index (χ1n) is 9.96. The van der Waals surface area contributed by atoms with E-state index >= 15 is 0 Å². The van der Waals surface area contributed by atoms with Crippen molar-refractivity contribution in [3.05, 3.63) is 24.3 Å². The van der Waals surface area contributed by atoms with Crippen LogP contribution in [0, 0.1) is 45.3 Å². The molecule has 2 N–H and O–H groups in total. The maximum atomic E-state index is 12.5. The Labute approximate surface area is 155 Å². The van der Waals surface area contributed by atoms with E-state index in [2.05, 4.69) is 6.58 Å². The van der Waals surface area contributed by atoms with Crippen LogP contribution in [-0.4, -0.2) is 24.0 Å². The van der Waals surface area contributed by atoms with Crippen molar-refractivity contribution in [3.8, 4) is 0 Å². The molecule has 4 aliphatic carbocycles.